The Balaban J connectivity index is 1.60. The highest BCUT2D eigenvalue weighted by Crippen LogP contribution is 2.07. The zero-order valence-electron chi connectivity index (χ0n) is 12.7. The number of hydrogen-bond donors (Lipinski definition) is 1. The number of aromatic nitrogens is 6. The van der Waals surface area contributed by atoms with Gasteiger partial charge >= 0.3 is 0 Å². The molecule has 2 aromatic heterocycles. The normalized spacial score (nSPS) is 12.0. The van der Waals surface area contributed by atoms with Crippen molar-refractivity contribution in [1.82, 2.24) is 35.3 Å². The van der Waals surface area contributed by atoms with Crippen molar-refractivity contribution in [2.45, 2.75) is 20.0 Å². The first kappa shape index (κ1) is 14.9. The molecular formula is C15H17N7O. The summed E-state index contributed by atoms with van der Waals surface area (Å²) in [6.45, 7) is 2.66. The van der Waals surface area contributed by atoms with E-state index in [1.807, 2.05) is 49.5 Å². The van der Waals surface area contributed by atoms with Gasteiger partial charge in [-0.2, -0.15) is 9.78 Å². The summed E-state index contributed by atoms with van der Waals surface area (Å²) in [5.74, 6) is 0.315. The Kier molecular flexibility index (Phi) is 4.41. The molecule has 3 rings (SSSR count). The van der Waals surface area contributed by atoms with Crippen LogP contribution in [0.4, 0.5) is 0 Å². The molecule has 0 spiro atoms. The monoisotopic (exact) mass is 311 g/mol. The summed E-state index contributed by atoms with van der Waals surface area (Å²) in [5, 5.41) is 18.6. The molecule has 0 saturated heterocycles. The second-order valence-electron chi connectivity index (χ2n) is 5.19. The molecule has 2 heterocycles. The van der Waals surface area contributed by atoms with E-state index in [4.69, 9.17) is 0 Å². The summed E-state index contributed by atoms with van der Waals surface area (Å²) in [4.78, 5) is 12.2. The summed E-state index contributed by atoms with van der Waals surface area (Å²) >= 11 is 0. The number of carbonyl (C=O) groups is 1. The van der Waals surface area contributed by atoms with Gasteiger partial charge in [-0.3, -0.25) is 9.48 Å². The van der Waals surface area contributed by atoms with Crippen LogP contribution in [0.3, 0.4) is 0 Å². The van der Waals surface area contributed by atoms with E-state index in [1.54, 1.807) is 15.6 Å². The van der Waals surface area contributed by atoms with E-state index < -0.39 is 0 Å². The van der Waals surface area contributed by atoms with E-state index >= 15 is 0 Å². The lowest BCUT2D eigenvalue weighted by Gasteiger charge is -2.12. The molecule has 0 aliphatic carbocycles. The van der Waals surface area contributed by atoms with E-state index in [0.717, 1.165) is 5.69 Å². The van der Waals surface area contributed by atoms with Crippen LogP contribution < -0.4 is 5.32 Å². The van der Waals surface area contributed by atoms with Crippen LogP contribution in [0.1, 0.15) is 12.7 Å². The van der Waals surface area contributed by atoms with Gasteiger partial charge in [0.1, 0.15) is 0 Å². The number of nitrogens with one attached hydrogen (secondary N) is 1. The minimum atomic E-state index is -0.198. The third kappa shape index (κ3) is 3.60. The second-order valence-corrected chi connectivity index (χ2v) is 5.19. The maximum absolute atomic E-state index is 12.2. The van der Waals surface area contributed by atoms with Crippen molar-refractivity contribution >= 4 is 5.91 Å². The van der Waals surface area contributed by atoms with Crippen LogP contribution in [0, 0.1) is 5.92 Å². The highest BCUT2D eigenvalue weighted by atomic mass is 16.1. The Morgan fingerprint density at radius 2 is 2.09 bits per heavy atom. The Hall–Kier alpha value is -3.03. The molecule has 0 aliphatic heterocycles. The lowest BCUT2D eigenvalue weighted by Crippen LogP contribution is -2.32. The van der Waals surface area contributed by atoms with Gasteiger partial charge in [0.05, 0.1) is 24.7 Å². The van der Waals surface area contributed by atoms with Crippen molar-refractivity contribution in [2.75, 3.05) is 0 Å². The molecule has 8 nitrogen and oxygen atoms in total. The fourth-order valence-electron chi connectivity index (χ4n) is 2.20. The number of amides is 1. The molecule has 118 valence electrons. The maximum Gasteiger partial charge on any atom is 0.225 e. The molecule has 0 saturated carbocycles. The van der Waals surface area contributed by atoms with Crippen molar-refractivity contribution in [3.05, 3.63) is 54.6 Å². The lowest BCUT2D eigenvalue weighted by atomic mass is 10.1. The SMILES string of the molecule is C[C@@H](Cn1cccn1)C(=O)NCc1nnnn1-c1ccccc1. The third-order valence-electron chi connectivity index (χ3n) is 3.42. The molecule has 0 aliphatic rings. The van der Waals surface area contributed by atoms with Gasteiger partial charge in [-0.25, -0.2) is 0 Å². The number of rotatable bonds is 6. The first-order valence-corrected chi connectivity index (χ1v) is 7.32. The Morgan fingerprint density at radius 1 is 1.26 bits per heavy atom. The number of tetrazole rings is 1. The van der Waals surface area contributed by atoms with E-state index in [0.29, 0.717) is 12.4 Å². The quantitative estimate of drug-likeness (QED) is 0.727. The maximum atomic E-state index is 12.2. The predicted octanol–water partition coefficient (Wildman–Crippen LogP) is 0.811. The molecular weight excluding hydrogens is 294 g/mol. The molecule has 0 unspecified atom stereocenters. The molecule has 1 amide bonds. The summed E-state index contributed by atoms with van der Waals surface area (Å²) in [7, 11) is 0. The van der Waals surface area contributed by atoms with Crippen LogP contribution in [0.5, 0.6) is 0 Å². The van der Waals surface area contributed by atoms with E-state index in [9.17, 15) is 4.79 Å². The molecule has 1 N–H and O–H groups in total. The number of nitrogens with zero attached hydrogens (tertiary/aromatic N) is 6. The van der Waals surface area contributed by atoms with Crippen LogP contribution >= 0.6 is 0 Å². The average Bonchev–Trinajstić information content (AvgIpc) is 3.24. The largest absolute Gasteiger partial charge is 0.348 e. The number of hydrogen-bond acceptors (Lipinski definition) is 5. The van der Waals surface area contributed by atoms with E-state index in [1.165, 1.54) is 0 Å². The van der Waals surface area contributed by atoms with Crippen molar-refractivity contribution in [2.24, 2.45) is 5.92 Å². The van der Waals surface area contributed by atoms with Crippen molar-refractivity contribution in [1.29, 1.82) is 0 Å². The minimum absolute atomic E-state index is 0.0666. The lowest BCUT2D eigenvalue weighted by molar-refractivity contribution is -0.125. The first-order chi connectivity index (χ1) is 11.2. The molecule has 8 heteroatoms. The van der Waals surface area contributed by atoms with Crippen LogP contribution in [0.2, 0.25) is 0 Å². The molecule has 0 bridgehead atoms. The molecule has 1 aromatic carbocycles. The summed E-state index contributed by atoms with van der Waals surface area (Å²) < 4.78 is 3.34. The van der Waals surface area contributed by atoms with Crippen LogP contribution in [-0.2, 0) is 17.9 Å². The standard InChI is InChI=1S/C15H17N7O/c1-12(11-21-9-5-8-17-21)15(23)16-10-14-18-19-20-22(14)13-6-3-2-4-7-13/h2-9,12H,10-11H2,1H3,(H,16,23)/t12-/m0/s1. The highest BCUT2D eigenvalue weighted by Gasteiger charge is 2.15. The van der Waals surface area contributed by atoms with Crippen molar-refractivity contribution in [3.63, 3.8) is 0 Å². The minimum Gasteiger partial charge on any atom is -0.348 e. The molecule has 1 atom stereocenters. The van der Waals surface area contributed by atoms with Gasteiger partial charge in [0.2, 0.25) is 5.91 Å². The Morgan fingerprint density at radius 3 is 2.83 bits per heavy atom. The van der Waals surface area contributed by atoms with Crippen LogP contribution in [-0.4, -0.2) is 35.9 Å². The molecule has 0 fully saturated rings. The average molecular weight is 311 g/mol. The van der Waals surface area contributed by atoms with E-state index in [-0.39, 0.29) is 18.4 Å². The van der Waals surface area contributed by atoms with Gasteiger partial charge in [0.25, 0.3) is 0 Å². The summed E-state index contributed by atoms with van der Waals surface area (Å²) in [5.41, 5.74) is 0.853. The highest BCUT2D eigenvalue weighted by molar-refractivity contribution is 5.78. The van der Waals surface area contributed by atoms with Crippen LogP contribution in [0.25, 0.3) is 5.69 Å². The smallest absolute Gasteiger partial charge is 0.225 e. The zero-order chi connectivity index (χ0) is 16.1. The third-order valence-corrected chi connectivity index (χ3v) is 3.42. The fraction of sp³-hybridized carbons (Fsp3) is 0.267. The van der Waals surface area contributed by atoms with Crippen molar-refractivity contribution in [3.8, 4) is 5.69 Å². The van der Waals surface area contributed by atoms with Gasteiger partial charge < -0.3 is 5.32 Å². The van der Waals surface area contributed by atoms with Gasteiger partial charge in [-0.1, -0.05) is 25.1 Å². The summed E-state index contributed by atoms with van der Waals surface area (Å²) in [6.07, 6.45) is 3.53. The van der Waals surface area contributed by atoms with Gasteiger partial charge in [0, 0.05) is 12.4 Å². The number of carbonyl (C=O) groups excluding carboxylic acids is 1. The number of para-hydroxylation sites is 1. The number of benzene rings is 1. The Labute approximate surface area is 133 Å². The van der Waals surface area contributed by atoms with E-state index in [2.05, 4.69) is 25.9 Å². The fourth-order valence-corrected chi connectivity index (χ4v) is 2.20. The predicted molar refractivity (Wildman–Crippen MR) is 82.4 cm³/mol. The second kappa shape index (κ2) is 6.82. The van der Waals surface area contributed by atoms with Gasteiger partial charge in [-0.15, -0.1) is 5.10 Å². The van der Waals surface area contributed by atoms with Gasteiger partial charge in [0.15, 0.2) is 5.82 Å². The molecule has 23 heavy (non-hydrogen) atoms. The summed E-state index contributed by atoms with van der Waals surface area (Å²) in [6, 6.07) is 11.4. The topological polar surface area (TPSA) is 90.5 Å². The van der Waals surface area contributed by atoms with Crippen molar-refractivity contribution < 1.29 is 4.79 Å². The first-order valence-electron chi connectivity index (χ1n) is 7.32. The Bertz CT molecular complexity index is 751. The van der Waals surface area contributed by atoms with Gasteiger partial charge in [-0.05, 0) is 28.6 Å². The molecule has 0 radical (unpaired) electrons. The zero-order valence-corrected chi connectivity index (χ0v) is 12.7. The molecule has 3 aromatic rings. The van der Waals surface area contributed by atoms with Crippen LogP contribution in [0.15, 0.2) is 48.8 Å².